The predicted octanol–water partition coefficient (Wildman–Crippen LogP) is 3.48. The van der Waals surface area contributed by atoms with Crippen LogP contribution in [-0.4, -0.2) is 49.9 Å². The van der Waals surface area contributed by atoms with Crippen LogP contribution < -0.4 is 21.1 Å². The molecule has 1 unspecified atom stereocenters. The zero-order valence-corrected chi connectivity index (χ0v) is 22.8. The zero-order chi connectivity index (χ0) is 28.7. The molecule has 2 atom stereocenters. The number of nitrogens with zero attached hydrogens (tertiary/aromatic N) is 4. The maximum absolute atomic E-state index is 13.4. The highest BCUT2D eigenvalue weighted by atomic mass is 16.5. The standard InChI is InChI=1S/C29H31N7O5/c1-3-35-21(12-17(2)34-35)26(38)33-27-32-20-13-19(25(30)37)14-22-24(20)36(27)29(15-23(29)41-22)10-7-11-31-28(39)40-16-18-8-5-4-6-9-18/h4-6,8-9,12-14,23H,3,7,10-11,15-16H2,1-2H3,(H2,30,37)(H,31,39)(H,32,33,38)/t23?,29-/m1/s1. The molecule has 212 valence electrons. The molecule has 0 bridgehead atoms. The van der Waals surface area contributed by atoms with E-state index in [4.69, 9.17) is 20.2 Å². The number of nitrogens with two attached hydrogens (primary N) is 1. The molecule has 0 saturated heterocycles. The van der Waals surface area contributed by atoms with Crippen molar-refractivity contribution in [2.45, 2.75) is 57.9 Å². The van der Waals surface area contributed by atoms with Gasteiger partial charge in [0.25, 0.3) is 5.91 Å². The third-order valence-electron chi connectivity index (χ3n) is 7.62. The van der Waals surface area contributed by atoms with Crippen LogP contribution in [0.5, 0.6) is 5.75 Å². The summed E-state index contributed by atoms with van der Waals surface area (Å²) in [6.07, 6.45) is 1.33. The van der Waals surface area contributed by atoms with E-state index < -0.39 is 17.5 Å². The van der Waals surface area contributed by atoms with Crippen LogP contribution in [0.1, 0.15) is 58.3 Å². The fourth-order valence-corrected chi connectivity index (χ4v) is 5.59. The number of benzene rings is 2. The first kappa shape index (κ1) is 26.4. The Morgan fingerprint density at radius 3 is 2.76 bits per heavy atom. The molecule has 4 N–H and O–H groups in total. The molecular formula is C29H31N7O5. The minimum atomic E-state index is -0.591. The van der Waals surface area contributed by atoms with E-state index in [-0.39, 0.29) is 24.2 Å². The highest BCUT2D eigenvalue weighted by molar-refractivity contribution is 6.04. The van der Waals surface area contributed by atoms with Crippen LogP contribution in [-0.2, 0) is 23.4 Å². The summed E-state index contributed by atoms with van der Waals surface area (Å²) in [5.41, 5.74) is 8.64. The van der Waals surface area contributed by atoms with Crippen LogP contribution in [0, 0.1) is 6.92 Å². The van der Waals surface area contributed by atoms with Crippen molar-refractivity contribution in [3.8, 4) is 5.75 Å². The lowest BCUT2D eigenvalue weighted by Crippen LogP contribution is -2.32. The number of carbonyl (C=O) groups is 3. The Labute approximate surface area is 235 Å². The number of aromatic nitrogens is 4. The van der Waals surface area contributed by atoms with Gasteiger partial charge in [0, 0.05) is 25.1 Å². The third kappa shape index (κ3) is 4.85. The van der Waals surface area contributed by atoms with Crippen molar-refractivity contribution >= 4 is 34.9 Å². The molecule has 0 radical (unpaired) electrons. The van der Waals surface area contributed by atoms with Gasteiger partial charge in [-0.15, -0.1) is 0 Å². The summed E-state index contributed by atoms with van der Waals surface area (Å²) in [6.45, 7) is 4.90. The van der Waals surface area contributed by atoms with Crippen molar-refractivity contribution in [3.63, 3.8) is 0 Å². The number of rotatable bonds is 10. The molecule has 3 heterocycles. The molecule has 2 aromatic carbocycles. The van der Waals surface area contributed by atoms with E-state index in [1.165, 1.54) is 0 Å². The number of hydrogen-bond acceptors (Lipinski definition) is 7. The van der Waals surface area contributed by atoms with Gasteiger partial charge in [0.1, 0.15) is 29.7 Å². The first-order chi connectivity index (χ1) is 19.8. The maximum Gasteiger partial charge on any atom is 0.407 e. The fourth-order valence-electron chi connectivity index (χ4n) is 5.59. The van der Waals surface area contributed by atoms with Gasteiger partial charge in [-0.25, -0.2) is 9.78 Å². The minimum absolute atomic E-state index is 0.181. The summed E-state index contributed by atoms with van der Waals surface area (Å²) < 4.78 is 15.2. The van der Waals surface area contributed by atoms with E-state index in [1.54, 1.807) is 22.9 Å². The lowest BCUT2D eigenvalue weighted by molar-refractivity contribution is 0.0995. The topological polar surface area (TPSA) is 155 Å². The normalized spacial score (nSPS) is 18.3. The monoisotopic (exact) mass is 557 g/mol. The van der Waals surface area contributed by atoms with Crippen LogP contribution >= 0.6 is 0 Å². The van der Waals surface area contributed by atoms with Crippen LogP contribution in [0.2, 0.25) is 0 Å². The van der Waals surface area contributed by atoms with E-state index in [9.17, 15) is 14.4 Å². The summed E-state index contributed by atoms with van der Waals surface area (Å²) >= 11 is 0. The molecule has 2 aromatic heterocycles. The Morgan fingerprint density at radius 2 is 2.00 bits per heavy atom. The molecule has 1 saturated carbocycles. The van der Waals surface area contributed by atoms with E-state index in [1.807, 2.05) is 48.7 Å². The third-order valence-corrected chi connectivity index (χ3v) is 7.62. The summed E-state index contributed by atoms with van der Waals surface area (Å²) in [5.74, 6) is -0.0701. The highest BCUT2D eigenvalue weighted by Crippen LogP contribution is 2.57. The molecule has 41 heavy (non-hydrogen) atoms. The number of amides is 3. The summed E-state index contributed by atoms with van der Waals surface area (Å²) in [6, 6.07) is 14.4. The van der Waals surface area contributed by atoms with Gasteiger partial charge in [0.05, 0.1) is 16.7 Å². The second kappa shape index (κ2) is 10.3. The minimum Gasteiger partial charge on any atom is -0.486 e. The van der Waals surface area contributed by atoms with Crippen molar-refractivity contribution in [1.82, 2.24) is 24.6 Å². The van der Waals surface area contributed by atoms with Gasteiger partial charge in [-0.05, 0) is 50.5 Å². The SMILES string of the molecule is CCn1nc(C)cc1C(=O)Nc1nc2cc(C(N)=O)cc3c2n1[C@]1(CCCNC(=O)OCc2ccccc2)CC1O3. The van der Waals surface area contributed by atoms with E-state index >= 15 is 0 Å². The Kier molecular flexibility index (Phi) is 6.60. The number of nitrogens with one attached hydrogen (secondary N) is 2. The van der Waals surface area contributed by atoms with Gasteiger partial charge in [0.2, 0.25) is 11.9 Å². The highest BCUT2D eigenvalue weighted by Gasteiger charge is 2.61. The number of carbonyl (C=O) groups excluding carboxylic acids is 3. The van der Waals surface area contributed by atoms with E-state index in [2.05, 4.69) is 15.7 Å². The van der Waals surface area contributed by atoms with E-state index in [0.29, 0.717) is 60.8 Å². The number of primary amides is 1. The molecule has 1 aliphatic heterocycles. The Bertz CT molecular complexity index is 1660. The zero-order valence-electron chi connectivity index (χ0n) is 22.8. The quantitative estimate of drug-likeness (QED) is 0.252. The van der Waals surface area contributed by atoms with Crippen molar-refractivity contribution in [3.05, 3.63) is 71.0 Å². The summed E-state index contributed by atoms with van der Waals surface area (Å²) in [5, 5.41) is 10.2. The number of aryl methyl sites for hydroxylation is 2. The Balaban J connectivity index is 1.22. The molecule has 1 aliphatic carbocycles. The summed E-state index contributed by atoms with van der Waals surface area (Å²) in [7, 11) is 0. The Hall–Kier alpha value is -4.87. The lowest BCUT2D eigenvalue weighted by Gasteiger charge is -2.27. The second-order valence-corrected chi connectivity index (χ2v) is 10.4. The molecule has 0 spiro atoms. The first-order valence-electron chi connectivity index (χ1n) is 13.6. The van der Waals surface area contributed by atoms with Gasteiger partial charge in [-0.3, -0.25) is 24.2 Å². The lowest BCUT2D eigenvalue weighted by atomic mass is 10.1. The van der Waals surface area contributed by atoms with Gasteiger partial charge >= 0.3 is 6.09 Å². The molecule has 12 nitrogen and oxygen atoms in total. The van der Waals surface area contributed by atoms with Crippen LogP contribution in [0.4, 0.5) is 10.7 Å². The maximum atomic E-state index is 13.4. The molecule has 2 aliphatic rings. The summed E-state index contributed by atoms with van der Waals surface area (Å²) in [4.78, 5) is 42.3. The van der Waals surface area contributed by atoms with Crippen LogP contribution in [0.25, 0.3) is 11.0 Å². The number of fused-ring (bicyclic) bond motifs is 2. The fraction of sp³-hybridized carbons (Fsp3) is 0.345. The van der Waals surface area contributed by atoms with Crippen molar-refractivity contribution < 1.29 is 23.9 Å². The van der Waals surface area contributed by atoms with Gasteiger partial charge in [0.15, 0.2) is 0 Å². The number of ether oxygens (including phenoxy) is 2. The molecule has 4 aromatic rings. The average molecular weight is 558 g/mol. The van der Waals surface area contributed by atoms with Gasteiger partial charge in [-0.1, -0.05) is 30.3 Å². The van der Waals surface area contributed by atoms with Crippen molar-refractivity contribution in [1.29, 1.82) is 0 Å². The average Bonchev–Trinajstić information content (AvgIpc) is 3.33. The van der Waals surface area contributed by atoms with Crippen molar-refractivity contribution in [2.75, 3.05) is 11.9 Å². The molecule has 6 rings (SSSR count). The van der Waals surface area contributed by atoms with E-state index in [0.717, 1.165) is 11.3 Å². The first-order valence-corrected chi connectivity index (χ1v) is 13.6. The number of imidazole rings is 1. The van der Waals surface area contributed by atoms with Crippen LogP contribution in [0.15, 0.2) is 48.5 Å². The smallest absolute Gasteiger partial charge is 0.407 e. The molecular weight excluding hydrogens is 526 g/mol. The molecule has 3 amide bonds. The Morgan fingerprint density at radius 1 is 1.20 bits per heavy atom. The van der Waals surface area contributed by atoms with Crippen molar-refractivity contribution in [2.24, 2.45) is 5.73 Å². The number of anilines is 1. The second-order valence-electron chi connectivity index (χ2n) is 10.4. The number of hydrogen-bond donors (Lipinski definition) is 3. The molecule has 1 fully saturated rings. The largest absolute Gasteiger partial charge is 0.486 e. The van der Waals surface area contributed by atoms with Crippen LogP contribution in [0.3, 0.4) is 0 Å². The van der Waals surface area contributed by atoms with Gasteiger partial charge in [-0.2, -0.15) is 5.10 Å². The number of alkyl carbamates (subject to hydrolysis) is 1. The molecule has 12 heteroatoms. The predicted molar refractivity (Wildman–Crippen MR) is 150 cm³/mol. The van der Waals surface area contributed by atoms with Gasteiger partial charge < -0.3 is 20.5 Å².